The van der Waals surface area contributed by atoms with E-state index in [1.54, 1.807) is 16.9 Å². The maximum Gasteiger partial charge on any atom is 0.311 e. The van der Waals surface area contributed by atoms with Crippen LogP contribution < -0.4 is 0 Å². The van der Waals surface area contributed by atoms with Gasteiger partial charge in [-0.15, -0.1) is 0 Å². The molecule has 156 valence electrons. The van der Waals surface area contributed by atoms with Gasteiger partial charge in [-0.05, 0) is 39.2 Å². The highest BCUT2D eigenvalue weighted by Gasteiger charge is 2.69. The monoisotopic (exact) mass is 409 g/mol. The van der Waals surface area contributed by atoms with E-state index in [0.717, 1.165) is 24.8 Å². The van der Waals surface area contributed by atoms with Crippen molar-refractivity contribution in [3.63, 3.8) is 0 Å². The zero-order chi connectivity index (χ0) is 20.8. The van der Waals surface area contributed by atoms with Gasteiger partial charge in [0.2, 0.25) is 0 Å². The number of nitro groups is 1. The minimum absolute atomic E-state index is 0.0358. The number of aromatic nitrogens is 2. The second-order valence-corrected chi connectivity index (χ2v) is 9.32. The van der Waals surface area contributed by atoms with Gasteiger partial charge >= 0.3 is 5.97 Å². The number of epoxide rings is 1. The first-order valence-electron chi connectivity index (χ1n) is 10.5. The molecule has 2 aliphatic heterocycles. The molecule has 0 amide bonds. The minimum Gasteiger partial charge on any atom is -0.461 e. The maximum absolute atomic E-state index is 12.9. The number of carbonyl (C=O) groups is 1. The highest BCUT2D eigenvalue weighted by molar-refractivity contribution is 5.81. The van der Waals surface area contributed by atoms with Crippen molar-refractivity contribution in [2.75, 3.05) is 0 Å². The standard InChI is InChI=1S/C22H23N3O5/c1-11-3-5-14-16(10-24-17-6-4-13(25(27)28)7-12(17)9-23-24)21(26)29-20(14)19-15(11)8-18-22(19,2)30-18/h4,6-7,9,14,16,18-20H,3,5,8,10H2,1-2H3/t14-,16-,18+,19-,20-,22+/m0/s1. The number of rotatable bonds is 3. The number of nitrogens with zero attached hydrogens (tertiary/aromatic N) is 3. The molecule has 8 heteroatoms. The van der Waals surface area contributed by atoms with Crippen LogP contribution in [-0.2, 0) is 20.8 Å². The Labute approximate surface area is 173 Å². The third-order valence-electron chi connectivity index (χ3n) is 7.81. The van der Waals surface area contributed by atoms with Gasteiger partial charge in [-0.3, -0.25) is 19.6 Å². The lowest BCUT2D eigenvalue weighted by molar-refractivity contribution is -0.384. The predicted molar refractivity (Wildman–Crippen MR) is 107 cm³/mol. The van der Waals surface area contributed by atoms with Gasteiger partial charge in [-0.2, -0.15) is 5.10 Å². The molecule has 0 spiro atoms. The van der Waals surface area contributed by atoms with E-state index in [2.05, 4.69) is 18.9 Å². The van der Waals surface area contributed by atoms with E-state index in [9.17, 15) is 14.9 Å². The molecule has 6 rings (SSSR count). The Morgan fingerprint density at radius 3 is 3.03 bits per heavy atom. The molecular weight excluding hydrogens is 386 g/mol. The Morgan fingerprint density at radius 1 is 1.40 bits per heavy atom. The Hall–Kier alpha value is -2.74. The van der Waals surface area contributed by atoms with Gasteiger partial charge in [0.05, 0.1) is 35.2 Å². The molecule has 1 saturated carbocycles. The topological polar surface area (TPSA) is 99.8 Å². The van der Waals surface area contributed by atoms with E-state index in [-0.39, 0.29) is 47.2 Å². The molecule has 2 aliphatic carbocycles. The first-order chi connectivity index (χ1) is 14.4. The number of fused-ring (bicyclic) bond motifs is 6. The first-order valence-corrected chi connectivity index (χ1v) is 10.5. The number of carbonyl (C=O) groups excluding carboxylic acids is 1. The van der Waals surface area contributed by atoms with Crippen molar-refractivity contribution < 1.29 is 19.2 Å². The summed E-state index contributed by atoms with van der Waals surface area (Å²) in [6.07, 6.45) is 4.59. The third-order valence-corrected chi connectivity index (χ3v) is 7.81. The summed E-state index contributed by atoms with van der Waals surface area (Å²) in [5.41, 5.74) is 3.49. The summed E-state index contributed by atoms with van der Waals surface area (Å²) >= 11 is 0. The fourth-order valence-electron chi connectivity index (χ4n) is 6.09. The number of esters is 1. The molecule has 0 bridgehead atoms. The number of hydrogen-bond donors (Lipinski definition) is 0. The van der Waals surface area contributed by atoms with E-state index < -0.39 is 4.92 Å². The van der Waals surface area contributed by atoms with Gasteiger partial charge in [-0.25, -0.2) is 0 Å². The maximum atomic E-state index is 12.9. The molecule has 3 fully saturated rings. The molecule has 0 radical (unpaired) electrons. The summed E-state index contributed by atoms with van der Waals surface area (Å²) in [4.78, 5) is 23.6. The van der Waals surface area contributed by atoms with Crippen LogP contribution in [0.5, 0.6) is 0 Å². The van der Waals surface area contributed by atoms with Crippen LogP contribution in [-0.4, -0.2) is 38.5 Å². The third kappa shape index (κ3) is 2.37. The van der Waals surface area contributed by atoms with Crippen LogP contribution in [0.15, 0.2) is 35.5 Å². The van der Waals surface area contributed by atoms with Crippen molar-refractivity contribution in [2.24, 2.45) is 17.8 Å². The molecule has 1 aromatic heterocycles. The summed E-state index contributed by atoms with van der Waals surface area (Å²) in [5.74, 6) is -0.169. The molecule has 4 aliphatic rings. The number of ether oxygens (including phenoxy) is 2. The van der Waals surface area contributed by atoms with Crippen molar-refractivity contribution in [3.8, 4) is 0 Å². The van der Waals surface area contributed by atoms with Crippen LogP contribution in [0.1, 0.15) is 33.1 Å². The van der Waals surface area contributed by atoms with Crippen LogP contribution >= 0.6 is 0 Å². The van der Waals surface area contributed by atoms with Crippen molar-refractivity contribution in [2.45, 2.75) is 57.5 Å². The lowest BCUT2D eigenvalue weighted by Crippen LogP contribution is -2.36. The first kappa shape index (κ1) is 18.1. The fraction of sp³-hybridized carbons (Fsp3) is 0.545. The zero-order valence-corrected chi connectivity index (χ0v) is 16.9. The van der Waals surface area contributed by atoms with E-state index in [0.29, 0.717) is 11.9 Å². The number of hydrogen-bond acceptors (Lipinski definition) is 6. The van der Waals surface area contributed by atoms with Gasteiger partial charge in [0.15, 0.2) is 0 Å². The molecule has 0 N–H and O–H groups in total. The Bertz CT molecular complexity index is 1140. The van der Waals surface area contributed by atoms with Crippen LogP contribution in [0, 0.1) is 27.9 Å². The quantitative estimate of drug-likeness (QED) is 0.253. The van der Waals surface area contributed by atoms with Crippen LogP contribution in [0.2, 0.25) is 0 Å². The molecule has 1 aromatic carbocycles. The largest absolute Gasteiger partial charge is 0.461 e. The molecule has 30 heavy (non-hydrogen) atoms. The predicted octanol–water partition coefficient (Wildman–Crippen LogP) is 3.39. The summed E-state index contributed by atoms with van der Waals surface area (Å²) < 4.78 is 13.8. The van der Waals surface area contributed by atoms with Gasteiger partial charge < -0.3 is 9.47 Å². The van der Waals surface area contributed by atoms with Crippen LogP contribution in [0.3, 0.4) is 0 Å². The molecule has 6 atom stereocenters. The summed E-state index contributed by atoms with van der Waals surface area (Å²) in [6.45, 7) is 4.78. The number of benzene rings is 1. The van der Waals surface area contributed by atoms with Gasteiger partial charge in [0.25, 0.3) is 5.69 Å². The Kier molecular flexibility index (Phi) is 3.56. The Balaban J connectivity index is 1.32. The van der Waals surface area contributed by atoms with Crippen molar-refractivity contribution >= 4 is 22.6 Å². The molecule has 2 saturated heterocycles. The van der Waals surface area contributed by atoms with Gasteiger partial charge in [0.1, 0.15) is 11.7 Å². The van der Waals surface area contributed by atoms with Crippen LogP contribution in [0.4, 0.5) is 5.69 Å². The normalized spacial score (nSPS) is 36.9. The van der Waals surface area contributed by atoms with Gasteiger partial charge in [0, 0.05) is 29.4 Å². The summed E-state index contributed by atoms with van der Waals surface area (Å²) in [5, 5.41) is 16.2. The van der Waals surface area contributed by atoms with Crippen molar-refractivity contribution in [1.82, 2.24) is 9.78 Å². The highest BCUT2D eigenvalue weighted by Crippen LogP contribution is 2.62. The van der Waals surface area contributed by atoms with E-state index >= 15 is 0 Å². The summed E-state index contributed by atoms with van der Waals surface area (Å²) in [7, 11) is 0. The van der Waals surface area contributed by atoms with Crippen molar-refractivity contribution in [3.05, 3.63) is 45.7 Å². The highest BCUT2D eigenvalue weighted by atomic mass is 16.6. The number of allylic oxidation sites excluding steroid dienone is 1. The molecule has 0 unspecified atom stereocenters. The zero-order valence-electron chi connectivity index (χ0n) is 16.9. The van der Waals surface area contributed by atoms with Crippen LogP contribution in [0.25, 0.3) is 10.9 Å². The van der Waals surface area contributed by atoms with E-state index in [1.165, 1.54) is 23.3 Å². The number of nitro benzene ring substituents is 1. The molecular formula is C22H23N3O5. The second kappa shape index (κ2) is 5.91. The van der Waals surface area contributed by atoms with E-state index in [4.69, 9.17) is 9.47 Å². The second-order valence-electron chi connectivity index (χ2n) is 9.32. The molecule has 2 aromatic rings. The summed E-state index contributed by atoms with van der Waals surface area (Å²) in [6, 6.07) is 4.70. The average Bonchev–Trinajstić information content (AvgIpc) is 2.98. The van der Waals surface area contributed by atoms with Crippen molar-refractivity contribution in [1.29, 1.82) is 0 Å². The fourth-order valence-corrected chi connectivity index (χ4v) is 6.09. The SMILES string of the molecule is CC1=C2C[C@H]3O[C@@]3(C)[C@@H]2[C@H]2OC(=O)[C@@H](Cn3ncc4cc([N+](=O)[O-])ccc43)[C@@H]2CC1. The average molecular weight is 409 g/mol. The smallest absolute Gasteiger partial charge is 0.311 e. The van der Waals surface area contributed by atoms with Gasteiger partial charge in [-0.1, -0.05) is 11.1 Å². The number of non-ortho nitro benzene ring substituents is 1. The Morgan fingerprint density at radius 2 is 2.23 bits per heavy atom. The molecule has 8 nitrogen and oxygen atoms in total. The van der Waals surface area contributed by atoms with E-state index in [1.807, 2.05) is 0 Å². The molecule has 3 heterocycles. The lowest BCUT2D eigenvalue weighted by atomic mass is 9.78. The lowest BCUT2D eigenvalue weighted by Gasteiger charge is -2.28. The minimum atomic E-state index is -0.413.